The highest BCUT2D eigenvalue weighted by Gasteiger charge is 2.39. The van der Waals surface area contributed by atoms with E-state index in [1.54, 1.807) is 0 Å². The molecule has 1 atom stereocenters. The Morgan fingerprint density at radius 1 is 1.25 bits per heavy atom. The van der Waals surface area contributed by atoms with E-state index in [1.165, 1.54) is 0 Å². The minimum Gasteiger partial charge on any atom is -0.463 e. The summed E-state index contributed by atoms with van der Waals surface area (Å²) >= 11 is 0. The number of carbonyl (C=O) groups is 3. The Morgan fingerprint density at radius 2 is 1.90 bits per heavy atom. The molecule has 4 heteroatoms. The molecule has 0 heterocycles. The Hall–Kier alpha value is -1.97. The van der Waals surface area contributed by atoms with Gasteiger partial charge in [-0.05, 0) is 29.0 Å². The first-order chi connectivity index (χ1) is 9.25. The molecule has 0 aromatic heterocycles. The van der Waals surface area contributed by atoms with Crippen LogP contribution in [0, 0.1) is 5.92 Å². The third-order valence-electron chi connectivity index (χ3n) is 3.68. The molecule has 0 fully saturated rings. The zero-order chi connectivity index (χ0) is 15.1. The Kier molecular flexibility index (Phi) is 3.50. The summed E-state index contributed by atoms with van der Waals surface area (Å²) in [6, 6.07) is 5.68. The third kappa shape index (κ3) is 2.38. The lowest BCUT2D eigenvalue weighted by atomic mass is 9.85. The molecule has 1 unspecified atom stereocenters. The first-order valence-corrected chi connectivity index (χ1v) is 6.55. The van der Waals surface area contributed by atoms with E-state index in [-0.39, 0.29) is 17.6 Å². The van der Waals surface area contributed by atoms with Gasteiger partial charge in [-0.25, -0.2) is 4.79 Å². The summed E-state index contributed by atoms with van der Waals surface area (Å²) in [5.41, 5.74) is 2.35. The van der Waals surface area contributed by atoms with Crippen molar-refractivity contribution in [3.8, 4) is 0 Å². The lowest BCUT2D eigenvalue weighted by molar-refractivity contribution is -0.152. The number of Topliss-reactive ketones (excluding diaryl/α,β-unsaturated/α-hetero) is 2. The maximum Gasteiger partial charge on any atom is 0.375 e. The van der Waals surface area contributed by atoms with Crippen LogP contribution < -0.4 is 0 Å². The van der Waals surface area contributed by atoms with Gasteiger partial charge in [0.05, 0.1) is 13.0 Å². The molecule has 0 amide bonds. The van der Waals surface area contributed by atoms with Crippen molar-refractivity contribution in [2.24, 2.45) is 5.92 Å². The van der Waals surface area contributed by atoms with Gasteiger partial charge < -0.3 is 4.74 Å². The maximum absolute atomic E-state index is 12.3. The molecule has 0 radical (unpaired) electrons. The second-order valence-corrected chi connectivity index (χ2v) is 6.10. The Bertz CT molecular complexity index is 593. The molecular weight excluding hydrogens is 256 g/mol. The van der Waals surface area contributed by atoms with Crippen LogP contribution in [0.5, 0.6) is 0 Å². The van der Waals surface area contributed by atoms with Gasteiger partial charge in [0.1, 0.15) is 0 Å². The Morgan fingerprint density at radius 3 is 2.45 bits per heavy atom. The van der Waals surface area contributed by atoms with Gasteiger partial charge in [0.15, 0.2) is 5.78 Å². The number of methoxy groups -OCH3 is 1. The normalized spacial score (nSPS) is 17.8. The highest BCUT2D eigenvalue weighted by molar-refractivity contribution is 6.40. The molecule has 0 saturated carbocycles. The van der Waals surface area contributed by atoms with Gasteiger partial charge in [0.2, 0.25) is 0 Å². The molecule has 0 saturated heterocycles. The maximum atomic E-state index is 12.3. The van der Waals surface area contributed by atoms with Gasteiger partial charge >= 0.3 is 5.97 Å². The minimum absolute atomic E-state index is 0.0697. The molecule has 1 aromatic carbocycles. The number of ether oxygens (including phenoxy) is 1. The van der Waals surface area contributed by atoms with Crippen molar-refractivity contribution in [3.05, 3.63) is 34.9 Å². The molecular formula is C16H18O4. The molecule has 0 bridgehead atoms. The number of ketones is 2. The van der Waals surface area contributed by atoms with Crippen molar-refractivity contribution in [2.75, 3.05) is 7.11 Å². The van der Waals surface area contributed by atoms with Crippen molar-refractivity contribution in [1.29, 1.82) is 0 Å². The van der Waals surface area contributed by atoms with E-state index < -0.39 is 17.7 Å². The molecule has 106 valence electrons. The lowest BCUT2D eigenvalue weighted by Crippen LogP contribution is -2.29. The average molecular weight is 274 g/mol. The molecule has 1 aliphatic carbocycles. The van der Waals surface area contributed by atoms with E-state index >= 15 is 0 Å². The van der Waals surface area contributed by atoms with Gasteiger partial charge in [-0.15, -0.1) is 0 Å². The monoisotopic (exact) mass is 274 g/mol. The minimum atomic E-state index is -0.952. The molecule has 0 N–H and O–H groups in total. The largest absolute Gasteiger partial charge is 0.463 e. The fourth-order valence-corrected chi connectivity index (χ4v) is 2.41. The smallest absolute Gasteiger partial charge is 0.375 e. The van der Waals surface area contributed by atoms with Crippen LogP contribution in [0.2, 0.25) is 0 Å². The lowest BCUT2D eigenvalue weighted by Gasteiger charge is -2.19. The Balaban J connectivity index is 2.35. The SMILES string of the molecule is COC(=O)C(=O)C1Cc2ccc(C(C)(C)C)cc2C1=O. The fourth-order valence-electron chi connectivity index (χ4n) is 2.41. The van der Waals surface area contributed by atoms with Gasteiger partial charge in [-0.2, -0.15) is 0 Å². The fraction of sp³-hybridized carbons (Fsp3) is 0.438. The Labute approximate surface area is 118 Å². The predicted octanol–water partition coefficient (Wildman–Crippen LogP) is 2.08. The molecule has 4 nitrogen and oxygen atoms in total. The first kappa shape index (κ1) is 14.4. The summed E-state index contributed by atoms with van der Waals surface area (Å²) in [6.07, 6.45) is 0.284. The van der Waals surface area contributed by atoms with Crippen molar-refractivity contribution in [3.63, 3.8) is 0 Å². The topological polar surface area (TPSA) is 60.4 Å². The standard InChI is InChI=1S/C16H18O4/c1-16(2,3)10-6-5-9-7-12(13(17)11(9)8-10)14(18)15(19)20-4/h5-6,8,12H,7H2,1-4H3. The summed E-state index contributed by atoms with van der Waals surface area (Å²) in [4.78, 5) is 35.4. The van der Waals surface area contributed by atoms with Gasteiger partial charge in [-0.1, -0.05) is 32.9 Å². The molecule has 20 heavy (non-hydrogen) atoms. The highest BCUT2D eigenvalue weighted by Crippen LogP contribution is 2.32. The van der Waals surface area contributed by atoms with Crippen molar-refractivity contribution >= 4 is 17.5 Å². The zero-order valence-electron chi connectivity index (χ0n) is 12.1. The van der Waals surface area contributed by atoms with Crippen molar-refractivity contribution in [1.82, 2.24) is 0 Å². The van der Waals surface area contributed by atoms with Crippen LogP contribution in [0.3, 0.4) is 0 Å². The predicted molar refractivity (Wildman–Crippen MR) is 73.7 cm³/mol. The van der Waals surface area contributed by atoms with Crippen LogP contribution in [0.25, 0.3) is 0 Å². The molecule has 0 spiro atoms. The van der Waals surface area contributed by atoms with E-state index in [0.29, 0.717) is 5.56 Å². The van der Waals surface area contributed by atoms with Gasteiger partial charge in [0, 0.05) is 5.56 Å². The van der Waals surface area contributed by atoms with Crippen molar-refractivity contribution in [2.45, 2.75) is 32.6 Å². The number of fused-ring (bicyclic) bond motifs is 1. The van der Waals surface area contributed by atoms with Crippen LogP contribution in [0.1, 0.15) is 42.3 Å². The number of carbonyl (C=O) groups excluding carboxylic acids is 3. The molecule has 1 aromatic rings. The molecule has 1 aliphatic rings. The highest BCUT2D eigenvalue weighted by atomic mass is 16.5. The second-order valence-electron chi connectivity index (χ2n) is 6.10. The third-order valence-corrected chi connectivity index (χ3v) is 3.68. The van der Waals surface area contributed by atoms with E-state index in [4.69, 9.17) is 0 Å². The van der Waals surface area contributed by atoms with Crippen molar-refractivity contribution < 1.29 is 19.1 Å². The zero-order valence-corrected chi connectivity index (χ0v) is 12.1. The van der Waals surface area contributed by atoms with Crippen LogP contribution in [0.15, 0.2) is 18.2 Å². The van der Waals surface area contributed by atoms with Crippen LogP contribution in [-0.2, 0) is 26.2 Å². The summed E-state index contributed by atoms with van der Waals surface area (Å²) in [6.45, 7) is 6.18. The summed E-state index contributed by atoms with van der Waals surface area (Å²) in [5.74, 6) is -2.91. The number of rotatable bonds is 2. The van der Waals surface area contributed by atoms with Crippen LogP contribution in [-0.4, -0.2) is 24.6 Å². The molecule has 0 aliphatic heterocycles. The molecule has 2 rings (SSSR count). The number of esters is 1. The summed E-state index contributed by atoms with van der Waals surface area (Å²) in [7, 11) is 1.14. The first-order valence-electron chi connectivity index (χ1n) is 6.55. The average Bonchev–Trinajstić information content (AvgIpc) is 2.73. The number of hydrogen-bond donors (Lipinski definition) is 0. The number of benzene rings is 1. The van der Waals surface area contributed by atoms with Gasteiger partial charge in [-0.3, -0.25) is 9.59 Å². The second kappa shape index (κ2) is 4.85. The van der Waals surface area contributed by atoms with Crippen LogP contribution in [0.4, 0.5) is 0 Å². The summed E-state index contributed by atoms with van der Waals surface area (Å²) < 4.78 is 4.41. The summed E-state index contributed by atoms with van der Waals surface area (Å²) in [5, 5.41) is 0. The van der Waals surface area contributed by atoms with E-state index in [2.05, 4.69) is 25.5 Å². The van der Waals surface area contributed by atoms with E-state index in [1.807, 2.05) is 18.2 Å². The van der Waals surface area contributed by atoms with Gasteiger partial charge in [0.25, 0.3) is 5.78 Å². The van der Waals surface area contributed by atoms with Crippen LogP contribution >= 0.6 is 0 Å². The number of hydrogen-bond acceptors (Lipinski definition) is 4. The van der Waals surface area contributed by atoms with E-state index in [9.17, 15) is 14.4 Å². The quantitative estimate of drug-likeness (QED) is 0.470. The van der Waals surface area contributed by atoms with E-state index in [0.717, 1.165) is 18.2 Å².